The molecule has 2 N–H and O–H groups in total. The monoisotopic (exact) mass is 368 g/mol. The number of carbonyl (C=O) groups excluding carboxylic acids is 3. The number of ether oxygens (including phenoxy) is 1. The van der Waals surface area contributed by atoms with E-state index in [2.05, 4.69) is 10.6 Å². The molecule has 0 aliphatic rings. The van der Waals surface area contributed by atoms with Crippen molar-refractivity contribution in [3.63, 3.8) is 0 Å². The summed E-state index contributed by atoms with van der Waals surface area (Å²) in [4.78, 5) is 35.6. The third kappa shape index (κ3) is 6.26. The maximum atomic E-state index is 12.2. The van der Waals surface area contributed by atoms with Crippen LogP contribution in [0, 0.1) is 0 Å². The Morgan fingerprint density at radius 1 is 0.889 bits per heavy atom. The number of hydrogen-bond donors (Lipinski definition) is 2. The molecule has 27 heavy (non-hydrogen) atoms. The first-order valence-corrected chi connectivity index (χ1v) is 8.87. The number of rotatable bonds is 9. The highest BCUT2D eigenvalue weighted by Crippen LogP contribution is 2.14. The lowest BCUT2D eigenvalue weighted by molar-refractivity contribution is -0.121. The van der Waals surface area contributed by atoms with Crippen molar-refractivity contribution in [2.75, 3.05) is 13.7 Å². The van der Waals surface area contributed by atoms with E-state index in [0.717, 1.165) is 5.56 Å². The average Bonchev–Trinajstić information content (AvgIpc) is 2.71. The van der Waals surface area contributed by atoms with Crippen LogP contribution in [0.25, 0.3) is 0 Å². The minimum Gasteiger partial charge on any atom is -0.494 e. The lowest BCUT2D eigenvalue weighted by Gasteiger charge is -2.07. The van der Waals surface area contributed by atoms with Crippen molar-refractivity contribution >= 4 is 17.6 Å². The van der Waals surface area contributed by atoms with E-state index in [0.29, 0.717) is 30.0 Å². The van der Waals surface area contributed by atoms with E-state index in [1.165, 1.54) is 0 Å². The van der Waals surface area contributed by atoms with Crippen molar-refractivity contribution in [2.45, 2.75) is 26.3 Å². The van der Waals surface area contributed by atoms with Crippen molar-refractivity contribution in [3.05, 3.63) is 65.2 Å². The number of amides is 2. The summed E-state index contributed by atoms with van der Waals surface area (Å²) < 4.78 is 5.34. The Labute approximate surface area is 158 Å². The molecular weight excluding hydrogens is 344 g/mol. The van der Waals surface area contributed by atoms with Crippen molar-refractivity contribution in [3.8, 4) is 5.75 Å². The zero-order valence-electron chi connectivity index (χ0n) is 15.6. The van der Waals surface area contributed by atoms with Crippen LogP contribution in [0.4, 0.5) is 0 Å². The highest BCUT2D eigenvalue weighted by molar-refractivity contribution is 5.98. The van der Waals surface area contributed by atoms with Crippen LogP contribution in [0.5, 0.6) is 5.75 Å². The van der Waals surface area contributed by atoms with Gasteiger partial charge < -0.3 is 15.4 Å². The van der Waals surface area contributed by atoms with E-state index in [-0.39, 0.29) is 30.4 Å². The van der Waals surface area contributed by atoms with E-state index in [1.54, 1.807) is 55.6 Å². The molecule has 0 radical (unpaired) electrons. The second kappa shape index (κ2) is 10.1. The van der Waals surface area contributed by atoms with E-state index in [4.69, 9.17) is 4.74 Å². The fourth-order valence-electron chi connectivity index (χ4n) is 2.48. The Kier molecular flexibility index (Phi) is 7.55. The summed E-state index contributed by atoms with van der Waals surface area (Å²) in [5.74, 6) is 0.292. The highest BCUT2D eigenvalue weighted by atomic mass is 16.5. The zero-order valence-corrected chi connectivity index (χ0v) is 15.6. The molecule has 0 heterocycles. The van der Waals surface area contributed by atoms with Crippen LogP contribution in [-0.4, -0.2) is 31.3 Å². The van der Waals surface area contributed by atoms with Crippen molar-refractivity contribution in [1.29, 1.82) is 0 Å². The molecule has 0 saturated carbocycles. The fraction of sp³-hybridized carbons (Fsp3) is 0.286. The van der Waals surface area contributed by atoms with Crippen LogP contribution in [0.2, 0.25) is 0 Å². The quantitative estimate of drug-likeness (QED) is 0.667. The normalized spacial score (nSPS) is 10.1. The molecule has 0 aliphatic carbocycles. The fourth-order valence-corrected chi connectivity index (χ4v) is 2.48. The second-order valence-corrected chi connectivity index (χ2v) is 5.93. The van der Waals surface area contributed by atoms with Crippen molar-refractivity contribution in [1.82, 2.24) is 10.6 Å². The number of benzene rings is 2. The molecule has 2 aromatic rings. The molecule has 0 fully saturated rings. The van der Waals surface area contributed by atoms with Gasteiger partial charge in [0.2, 0.25) is 5.91 Å². The molecule has 2 amide bonds. The molecule has 6 nitrogen and oxygen atoms in total. The van der Waals surface area contributed by atoms with Gasteiger partial charge in [-0.25, -0.2) is 0 Å². The molecule has 0 aliphatic heterocycles. The summed E-state index contributed by atoms with van der Waals surface area (Å²) in [6, 6.07) is 13.9. The smallest absolute Gasteiger partial charge is 0.251 e. The Morgan fingerprint density at radius 2 is 1.52 bits per heavy atom. The third-order valence-electron chi connectivity index (χ3n) is 4.00. The van der Waals surface area contributed by atoms with Gasteiger partial charge in [-0.15, -0.1) is 0 Å². The van der Waals surface area contributed by atoms with Crippen LogP contribution in [-0.2, 0) is 11.3 Å². The Morgan fingerprint density at radius 3 is 2.11 bits per heavy atom. The lowest BCUT2D eigenvalue weighted by Crippen LogP contribution is -2.23. The predicted molar refractivity (Wildman–Crippen MR) is 103 cm³/mol. The summed E-state index contributed by atoms with van der Waals surface area (Å²) in [5, 5.41) is 5.34. The van der Waals surface area contributed by atoms with Gasteiger partial charge in [0.1, 0.15) is 5.75 Å². The molecule has 2 rings (SSSR count). The minimum absolute atomic E-state index is 0.0804. The zero-order chi connectivity index (χ0) is 19.6. The van der Waals surface area contributed by atoms with Gasteiger partial charge in [-0.05, 0) is 48.9 Å². The second-order valence-electron chi connectivity index (χ2n) is 5.93. The van der Waals surface area contributed by atoms with Gasteiger partial charge in [0.25, 0.3) is 5.91 Å². The van der Waals surface area contributed by atoms with Crippen LogP contribution >= 0.6 is 0 Å². The molecule has 2 aromatic carbocycles. The third-order valence-corrected chi connectivity index (χ3v) is 4.00. The van der Waals surface area contributed by atoms with Crippen molar-refractivity contribution < 1.29 is 19.1 Å². The standard InChI is InChI=1S/C21H24N2O4/c1-3-27-18-10-8-16(9-11-18)19(24)12-13-20(25)23-14-15-4-6-17(7-5-15)21(26)22-2/h4-11H,3,12-14H2,1-2H3,(H,22,26)(H,23,25). The molecule has 6 heteroatoms. The average molecular weight is 368 g/mol. The first-order valence-electron chi connectivity index (χ1n) is 8.87. The molecule has 0 atom stereocenters. The summed E-state index contributed by atoms with van der Waals surface area (Å²) in [5.41, 5.74) is 2.01. The van der Waals surface area contributed by atoms with E-state index < -0.39 is 0 Å². The van der Waals surface area contributed by atoms with Gasteiger partial charge in [0.15, 0.2) is 5.78 Å². The summed E-state index contributed by atoms with van der Waals surface area (Å²) in [6.07, 6.45) is 0.276. The first-order chi connectivity index (χ1) is 13.0. The number of hydrogen-bond acceptors (Lipinski definition) is 4. The van der Waals surface area contributed by atoms with Gasteiger partial charge in [0.05, 0.1) is 6.61 Å². The van der Waals surface area contributed by atoms with E-state index in [1.807, 2.05) is 6.92 Å². The van der Waals surface area contributed by atoms with Crippen LogP contribution < -0.4 is 15.4 Å². The molecule has 0 bridgehead atoms. The predicted octanol–water partition coefficient (Wildman–Crippen LogP) is 2.72. The Hall–Kier alpha value is -3.15. The summed E-state index contributed by atoms with van der Waals surface area (Å²) in [7, 11) is 1.57. The van der Waals surface area contributed by atoms with Gasteiger partial charge in [-0.2, -0.15) is 0 Å². The summed E-state index contributed by atoms with van der Waals surface area (Å²) >= 11 is 0. The Bertz CT molecular complexity index is 783. The molecular formula is C21H24N2O4. The van der Waals surface area contributed by atoms with Crippen LogP contribution in [0.1, 0.15) is 46.0 Å². The van der Waals surface area contributed by atoms with E-state index >= 15 is 0 Å². The summed E-state index contributed by atoms with van der Waals surface area (Å²) in [6.45, 7) is 2.82. The highest BCUT2D eigenvalue weighted by Gasteiger charge is 2.10. The number of ketones is 1. The number of carbonyl (C=O) groups is 3. The lowest BCUT2D eigenvalue weighted by atomic mass is 10.1. The molecule has 0 saturated heterocycles. The van der Waals surface area contributed by atoms with Crippen molar-refractivity contribution in [2.24, 2.45) is 0 Å². The molecule has 0 aromatic heterocycles. The number of nitrogens with one attached hydrogen (secondary N) is 2. The largest absolute Gasteiger partial charge is 0.494 e. The minimum atomic E-state index is -0.190. The van der Waals surface area contributed by atoms with Gasteiger partial charge in [0, 0.05) is 37.6 Å². The molecule has 142 valence electrons. The van der Waals surface area contributed by atoms with Gasteiger partial charge in [-0.1, -0.05) is 12.1 Å². The van der Waals surface area contributed by atoms with Crippen LogP contribution in [0.3, 0.4) is 0 Å². The molecule has 0 spiro atoms. The Balaban J connectivity index is 1.77. The maximum Gasteiger partial charge on any atom is 0.251 e. The van der Waals surface area contributed by atoms with Gasteiger partial charge >= 0.3 is 0 Å². The maximum absolute atomic E-state index is 12.2. The van der Waals surface area contributed by atoms with Crippen LogP contribution in [0.15, 0.2) is 48.5 Å². The number of Topliss-reactive ketones (excluding diaryl/α,β-unsaturated/α-hetero) is 1. The SMILES string of the molecule is CCOc1ccc(C(=O)CCC(=O)NCc2ccc(C(=O)NC)cc2)cc1. The molecule has 0 unspecified atom stereocenters. The van der Waals surface area contributed by atoms with E-state index in [9.17, 15) is 14.4 Å². The van der Waals surface area contributed by atoms with Gasteiger partial charge in [-0.3, -0.25) is 14.4 Å². The topological polar surface area (TPSA) is 84.5 Å². The first kappa shape index (κ1) is 20.2.